The maximum absolute atomic E-state index is 8.77. The third-order valence-electron chi connectivity index (χ3n) is 2.52. The van der Waals surface area contributed by atoms with Gasteiger partial charge >= 0.3 is 0 Å². The van der Waals surface area contributed by atoms with Gasteiger partial charge in [-0.25, -0.2) is 0 Å². The highest BCUT2D eigenvalue weighted by Crippen LogP contribution is 2.19. The van der Waals surface area contributed by atoms with E-state index in [1.54, 1.807) is 0 Å². The minimum absolute atomic E-state index is 0.692. The van der Waals surface area contributed by atoms with E-state index in [1.807, 2.05) is 29.1 Å². The molecule has 0 N–H and O–H groups in total. The van der Waals surface area contributed by atoms with Crippen LogP contribution < -0.4 is 0 Å². The molecule has 2 heteroatoms. The first-order chi connectivity index (χ1) is 7.22. The highest BCUT2D eigenvalue weighted by atomic mass is 14.9. The predicted octanol–water partition coefficient (Wildman–Crippen LogP) is 2.97. The molecule has 0 aliphatic rings. The Morgan fingerprint density at radius 2 is 1.80 bits per heavy atom. The van der Waals surface area contributed by atoms with E-state index in [-0.39, 0.29) is 0 Å². The van der Waals surface area contributed by atoms with E-state index in [2.05, 4.69) is 32.0 Å². The van der Waals surface area contributed by atoms with Crippen molar-refractivity contribution >= 4 is 0 Å². The first-order valence-corrected chi connectivity index (χ1v) is 4.87. The molecule has 74 valence electrons. The molecule has 1 aromatic heterocycles. The Balaban J connectivity index is 2.59. The van der Waals surface area contributed by atoms with Gasteiger partial charge in [0, 0.05) is 12.4 Å². The fraction of sp³-hybridized carbons (Fsp3) is 0.154. The summed E-state index contributed by atoms with van der Waals surface area (Å²) in [6.07, 6.45) is 3.78. The molecule has 1 heterocycles. The number of aryl methyl sites for hydroxylation is 2. The molecule has 0 saturated carbocycles. The number of hydrogen-bond acceptors (Lipinski definition) is 1. The van der Waals surface area contributed by atoms with Crippen molar-refractivity contribution in [3.05, 3.63) is 53.3 Å². The van der Waals surface area contributed by atoms with Crippen LogP contribution in [0.4, 0.5) is 0 Å². The van der Waals surface area contributed by atoms with Crippen molar-refractivity contribution < 1.29 is 0 Å². The second-order valence-electron chi connectivity index (χ2n) is 3.66. The van der Waals surface area contributed by atoms with Gasteiger partial charge in [0.1, 0.15) is 6.07 Å². The van der Waals surface area contributed by atoms with Crippen LogP contribution in [0.25, 0.3) is 5.69 Å². The number of rotatable bonds is 1. The van der Waals surface area contributed by atoms with Crippen LogP contribution in [-0.2, 0) is 0 Å². The van der Waals surface area contributed by atoms with Crippen molar-refractivity contribution in [2.75, 3.05) is 0 Å². The molecule has 0 fully saturated rings. The second-order valence-corrected chi connectivity index (χ2v) is 3.66. The van der Waals surface area contributed by atoms with Gasteiger partial charge in [-0.15, -0.1) is 0 Å². The molecule has 2 aromatic rings. The zero-order chi connectivity index (χ0) is 10.8. The molecule has 2 rings (SSSR count). The Morgan fingerprint density at radius 1 is 1.13 bits per heavy atom. The van der Waals surface area contributed by atoms with E-state index < -0.39 is 0 Å². The largest absolute Gasteiger partial charge is 0.322 e. The van der Waals surface area contributed by atoms with Gasteiger partial charge in [-0.05, 0) is 31.0 Å². The monoisotopic (exact) mass is 196 g/mol. The van der Waals surface area contributed by atoms with Crippen LogP contribution in [0.1, 0.15) is 16.7 Å². The lowest BCUT2D eigenvalue weighted by molar-refractivity contribution is 1.04. The Bertz CT molecular complexity index is 509. The van der Waals surface area contributed by atoms with Crippen LogP contribution in [0.3, 0.4) is 0 Å². The summed E-state index contributed by atoms with van der Waals surface area (Å²) in [7, 11) is 0. The van der Waals surface area contributed by atoms with Crippen LogP contribution in [0.2, 0.25) is 0 Å². The summed E-state index contributed by atoms with van der Waals surface area (Å²) in [5.41, 5.74) is 4.29. The van der Waals surface area contributed by atoms with Crippen molar-refractivity contribution in [3.8, 4) is 11.8 Å². The molecule has 0 radical (unpaired) electrons. The standard InChI is InChI=1S/C13H12N2/c1-10-4-3-5-11(2)13(10)15-7-6-12(8-14)9-15/h3-7,9H,1-2H3. The zero-order valence-corrected chi connectivity index (χ0v) is 8.86. The highest BCUT2D eigenvalue weighted by Gasteiger charge is 2.04. The molecule has 0 bridgehead atoms. The minimum Gasteiger partial charge on any atom is -0.322 e. The maximum atomic E-state index is 8.77. The Kier molecular flexibility index (Phi) is 2.31. The van der Waals surface area contributed by atoms with Crippen LogP contribution in [0.5, 0.6) is 0 Å². The van der Waals surface area contributed by atoms with Crippen LogP contribution in [-0.4, -0.2) is 4.57 Å². The molecule has 0 aliphatic carbocycles. The first-order valence-electron chi connectivity index (χ1n) is 4.87. The smallest absolute Gasteiger partial charge is 0.101 e. The Hall–Kier alpha value is -2.01. The molecule has 0 atom stereocenters. The fourth-order valence-electron chi connectivity index (χ4n) is 1.81. The normalized spacial score (nSPS) is 9.93. The lowest BCUT2D eigenvalue weighted by atomic mass is 10.1. The van der Waals surface area contributed by atoms with Gasteiger partial charge in [-0.1, -0.05) is 18.2 Å². The second kappa shape index (κ2) is 3.62. The van der Waals surface area contributed by atoms with E-state index in [1.165, 1.54) is 16.8 Å². The minimum atomic E-state index is 0.692. The highest BCUT2D eigenvalue weighted by molar-refractivity contribution is 5.48. The SMILES string of the molecule is Cc1cccc(C)c1-n1ccc(C#N)c1. The van der Waals surface area contributed by atoms with Gasteiger partial charge < -0.3 is 4.57 Å². The lowest BCUT2D eigenvalue weighted by Crippen LogP contribution is -1.96. The van der Waals surface area contributed by atoms with E-state index in [4.69, 9.17) is 5.26 Å². The van der Waals surface area contributed by atoms with Crippen molar-refractivity contribution in [3.63, 3.8) is 0 Å². The van der Waals surface area contributed by atoms with Gasteiger partial charge in [0.15, 0.2) is 0 Å². The summed E-state index contributed by atoms with van der Waals surface area (Å²) in [6, 6.07) is 10.2. The Labute approximate surface area is 89.4 Å². The summed E-state index contributed by atoms with van der Waals surface area (Å²) in [4.78, 5) is 0. The van der Waals surface area contributed by atoms with Crippen molar-refractivity contribution in [1.29, 1.82) is 5.26 Å². The molecular formula is C13H12N2. The molecule has 0 spiro atoms. The summed E-state index contributed by atoms with van der Waals surface area (Å²) in [5.74, 6) is 0. The molecule has 1 aromatic carbocycles. The van der Waals surface area contributed by atoms with Crippen molar-refractivity contribution in [2.24, 2.45) is 0 Å². The van der Waals surface area contributed by atoms with E-state index in [0.29, 0.717) is 5.56 Å². The van der Waals surface area contributed by atoms with E-state index in [9.17, 15) is 0 Å². The topological polar surface area (TPSA) is 28.7 Å². The fourth-order valence-corrected chi connectivity index (χ4v) is 1.81. The number of para-hydroxylation sites is 1. The van der Waals surface area contributed by atoms with Crippen LogP contribution in [0, 0.1) is 25.2 Å². The number of hydrogen-bond donors (Lipinski definition) is 0. The lowest BCUT2D eigenvalue weighted by Gasteiger charge is -2.10. The third kappa shape index (κ3) is 1.64. The molecule has 0 saturated heterocycles. The third-order valence-corrected chi connectivity index (χ3v) is 2.52. The van der Waals surface area contributed by atoms with E-state index in [0.717, 1.165) is 0 Å². The maximum Gasteiger partial charge on any atom is 0.101 e. The summed E-state index contributed by atoms with van der Waals surface area (Å²) in [6.45, 7) is 4.16. The molecule has 2 nitrogen and oxygen atoms in total. The summed E-state index contributed by atoms with van der Waals surface area (Å²) in [5, 5.41) is 8.77. The van der Waals surface area contributed by atoms with Gasteiger partial charge in [0.05, 0.1) is 11.3 Å². The number of benzene rings is 1. The summed E-state index contributed by atoms with van der Waals surface area (Å²) < 4.78 is 2.00. The number of nitriles is 1. The quantitative estimate of drug-likeness (QED) is 0.689. The van der Waals surface area contributed by atoms with Gasteiger partial charge in [0.25, 0.3) is 0 Å². The van der Waals surface area contributed by atoms with Crippen molar-refractivity contribution in [2.45, 2.75) is 13.8 Å². The molecule has 0 amide bonds. The Morgan fingerprint density at radius 3 is 2.33 bits per heavy atom. The molecule has 15 heavy (non-hydrogen) atoms. The average molecular weight is 196 g/mol. The molecule has 0 aliphatic heterocycles. The van der Waals surface area contributed by atoms with Crippen LogP contribution >= 0.6 is 0 Å². The van der Waals surface area contributed by atoms with E-state index >= 15 is 0 Å². The molecule has 0 unspecified atom stereocenters. The number of aromatic nitrogens is 1. The number of nitrogens with zero attached hydrogens (tertiary/aromatic N) is 2. The molecular weight excluding hydrogens is 184 g/mol. The average Bonchev–Trinajstić information content (AvgIpc) is 2.66. The first kappa shape index (κ1) is 9.54. The van der Waals surface area contributed by atoms with Crippen molar-refractivity contribution in [1.82, 2.24) is 4.57 Å². The van der Waals surface area contributed by atoms with Gasteiger partial charge in [-0.2, -0.15) is 5.26 Å². The summed E-state index contributed by atoms with van der Waals surface area (Å²) >= 11 is 0. The predicted molar refractivity (Wildman–Crippen MR) is 60.0 cm³/mol. The van der Waals surface area contributed by atoms with Gasteiger partial charge in [0.2, 0.25) is 0 Å². The van der Waals surface area contributed by atoms with Gasteiger partial charge in [-0.3, -0.25) is 0 Å². The zero-order valence-electron chi connectivity index (χ0n) is 8.86. The van der Waals surface area contributed by atoms with Crippen LogP contribution in [0.15, 0.2) is 36.7 Å².